The van der Waals surface area contributed by atoms with Gasteiger partial charge in [0.1, 0.15) is 11.6 Å². The van der Waals surface area contributed by atoms with Crippen molar-refractivity contribution in [2.24, 2.45) is 7.05 Å². The maximum Gasteiger partial charge on any atom is 0.237 e. The van der Waals surface area contributed by atoms with Gasteiger partial charge in [0.05, 0.1) is 10.9 Å². The molecule has 0 fully saturated rings. The molecule has 26 heavy (non-hydrogen) atoms. The quantitative estimate of drug-likeness (QED) is 0.693. The molecule has 1 atom stereocenters. The van der Waals surface area contributed by atoms with Gasteiger partial charge >= 0.3 is 0 Å². The van der Waals surface area contributed by atoms with E-state index >= 15 is 0 Å². The van der Waals surface area contributed by atoms with E-state index in [2.05, 4.69) is 20.5 Å². The van der Waals surface area contributed by atoms with E-state index in [-0.39, 0.29) is 5.69 Å². The van der Waals surface area contributed by atoms with Crippen molar-refractivity contribution >= 4 is 23.4 Å². The lowest BCUT2D eigenvalue weighted by Gasteiger charge is -2.12. The molecule has 0 aliphatic rings. The van der Waals surface area contributed by atoms with Crippen molar-refractivity contribution in [1.82, 2.24) is 19.7 Å². The third-order valence-electron chi connectivity index (χ3n) is 3.60. The predicted octanol–water partition coefficient (Wildman–Crippen LogP) is 3.27. The molecule has 0 radical (unpaired) electrons. The van der Waals surface area contributed by atoms with Crippen molar-refractivity contribution in [3.63, 3.8) is 0 Å². The Labute approximate surface area is 152 Å². The zero-order valence-electron chi connectivity index (χ0n) is 14.0. The molecule has 6 nitrogen and oxygen atoms in total. The Balaban J connectivity index is 1.71. The number of benzene rings is 1. The fourth-order valence-electron chi connectivity index (χ4n) is 2.20. The minimum Gasteiger partial charge on any atom is -0.323 e. The van der Waals surface area contributed by atoms with Crippen LogP contribution in [0.15, 0.2) is 47.9 Å². The Morgan fingerprint density at radius 1 is 1.27 bits per heavy atom. The van der Waals surface area contributed by atoms with E-state index < -0.39 is 22.8 Å². The second kappa shape index (κ2) is 7.61. The molecule has 0 spiro atoms. The van der Waals surface area contributed by atoms with Gasteiger partial charge in [-0.1, -0.05) is 11.8 Å². The molecular formula is C17H15F2N5OS. The number of carbonyl (C=O) groups excluding carboxylic acids is 1. The number of thioether (sulfide) groups is 1. The summed E-state index contributed by atoms with van der Waals surface area (Å²) < 4.78 is 28.4. The average Bonchev–Trinajstić information content (AvgIpc) is 2.98. The summed E-state index contributed by atoms with van der Waals surface area (Å²) in [5, 5.41) is 10.6. The highest BCUT2D eigenvalue weighted by atomic mass is 32.2. The largest absolute Gasteiger partial charge is 0.323 e. The number of pyridine rings is 1. The van der Waals surface area contributed by atoms with Crippen molar-refractivity contribution in [2.75, 3.05) is 5.32 Å². The number of nitrogens with one attached hydrogen (secondary N) is 1. The number of hydrogen-bond donors (Lipinski definition) is 1. The summed E-state index contributed by atoms with van der Waals surface area (Å²) in [5.74, 6) is -1.33. The number of nitrogens with zero attached hydrogens (tertiary/aromatic N) is 4. The highest BCUT2D eigenvalue weighted by molar-refractivity contribution is 8.00. The molecule has 0 unspecified atom stereocenters. The Morgan fingerprint density at radius 3 is 2.77 bits per heavy atom. The Hall–Kier alpha value is -2.81. The maximum absolute atomic E-state index is 13.7. The number of hydrogen-bond acceptors (Lipinski definition) is 5. The molecular weight excluding hydrogens is 360 g/mol. The van der Waals surface area contributed by atoms with Crippen LogP contribution in [0, 0.1) is 11.6 Å². The molecule has 3 rings (SSSR count). The molecule has 134 valence electrons. The van der Waals surface area contributed by atoms with Crippen molar-refractivity contribution in [3.8, 4) is 11.4 Å². The van der Waals surface area contributed by atoms with Gasteiger partial charge in [0, 0.05) is 31.1 Å². The number of halogens is 2. The van der Waals surface area contributed by atoms with Gasteiger partial charge in [-0.25, -0.2) is 8.78 Å². The minimum atomic E-state index is -0.826. The smallest absolute Gasteiger partial charge is 0.237 e. The first kappa shape index (κ1) is 18.0. The van der Waals surface area contributed by atoms with Gasteiger partial charge in [0.25, 0.3) is 0 Å². The van der Waals surface area contributed by atoms with Crippen molar-refractivity contribution in [3.05, 3.63) is 54.4 Å². The highest BCUT2D eigenvalue weighted by Crippen LogP contribution is 2.26. The first-order valence-electron chi connectivity index (χ1n) is 7.68. The van der Waals surface area contributed by atoms with Gasteiger partial charge in [0.2, 0.25) is 5.91 Å². The standard InChI is InChI=1S/C17H15F2N5OS/c1-10(16(25)21-14-6-5-12(18)8-13(14)19)26-17-23-22-15(24(17)2)11-4-3-7-20-9-11/h3-10H,1-2H3,(H,21,25)/t10-/m0/s1. The van der Waals surface area contributed by atoms with Crippen LogP contribution in [0.5, 0.6) is 0 Å². The van der Waals surface area contributed by atoms with E-state index in [4.69, 9.17) is 0 Å². The lowest BCUT2D eigenvalue weighted by molar-refractivity contribution is -0.115. The zero-order chi connectivity index (χ0) is 18.7. The fraction of sp³-hybridized carbons (Fsp3) is 0.176. The Morgan fingerprint density at radius 2 is 2.08 bits per heavy atom. The van der Waals surface area contributed by atoms with Crippen molar-refractivity contribution in [1.29, 1.82) is 0 Å². The van der Waals surface area contributed by atoms with Crippen LogP contribution in [0.4, 0.5) is 14.5 Å². The van der Waals surface area contributed by atoms with Crippen LogP contribution in [0.3, 0.4) is 0 Å². The number of anilines is 1. The number of amides is 1. The molecule has 0 aliphatic carbocycles. The zero-order valence-corrected chi connectivity index (χ0v) is 14.8. The highest BCUT2D eigenvalue weighted by Gasteiger charge is 2.20. The average molecular weight is 375 g/mol. The molecule has 0 saturated heterocycles. The number of rotatable bonds is 5. The molecule has 9 heteroatoms. The van der Waals surface area contributed by atoms with Gasteiger partial charge < -0.3 is 9.88 Å². The Bertz CT molecular complexity index is 932. The van der Waals surface area contributed by atoms with E-state index in [0.717, 1.165) is 17.7 Å². The third-order valence-corrected chi connectivity index (χ3v) is 4.73. The molecule has 1 amide bonds. The lowest BCUT2D eigenvalue weighted by atomic mass is 10.3. The molecule has 1 aromatic carbocycles. The van der Waals surface area contributed by atoms with Crippen LogP contribution in [-0.4, -0.2) is 30.9 Å². The molecule has 3 aromatic rings. The number of carbonyl (C=O) groups is 1. The molecule has 1 N–H and O–H groups in total. The normalized spacial score (nSPS) is 12.0. The lowest BCUT2D eigenvalue weighted by Crippen LogP contribution is -2.23. The maximum atomic E-state index is 13.7. The minimum absolute atomic E-state index is 0.0714. The first-order valence-corrected chi connectivity index (χ1v) is 8.56. The topological polar surface area (TPSA) is 72.7 Å². The van der Waals surface area contributed by atoms with Crippen molar-refractivity contribution in [2.45, 2.75) is 17.3 Å². The van der Waals surface area contributed by atoms with Crippen molar-refractivity contribution < 1.29 is 13.6 Å². The molecule has 2 aromatic heterocycles. The summed E-state index contributed by atoms with van der Waals surface area (Å²) in [7, 11) is 1.79. The van der Waals surface area contributed by atoms with Gasteiger partial charge in [-0.3, -0.25) is 9.78 Å². The van der Waals surface area contributed by atoms with Crippen LogP contribution in [0.1, 0.15) is 6.92 Å². The molecule has 0 saturated carbocycles. The molecule has 0 aliphatic heterocycles. The molecule has 0 bridgehead atoms. The Kier molecular flexibility index (Phi) is 5.27. The summed E-state index contributed by atoms with van der Waals surface area (Å²) in [4.78, 5) is 16.3. The second-order valence-electron chi connectivity index (χ2n) is 5.48. The van der Waals surface area contributed by atoms with E-state index in [1.165, 1.54) is 17.8 Å². The first-order chi connectivity index (χ1) is 12.5. The summed E-state index contributed by atoms with van der Waals surface area (Å²) in [5.41, 5.74) is 0.734. The monoisotopic (exact) mass is 375 g/mol. The SMILES string of the molecule is C[C@H](Sc1nnc(-c2cccnc2)n1C)C(=O)Nc1ccc(F)cc1F. The van der Waals surface area contributed by atoms with E-state index in [9.17, 15) is 13.6 Å². The van der Waals surface area contributed by atoms with Crippen LogP contribution >= 0.6 is 11.8 Å². The predicted molar refractivity (Wildman–Crippen MR) is 94.5 cm³/mol. The second-order valence-corrected chi connectivity index (χ2v) is 6.79. The number of aromatic nitrogens is 4. The van der Waals surface area contributed by atoms with Crippen LogP contribution in [0.25, 0.3) is 11.4 Å². The van der Waals surface area contributed by atoms with Gasteiger partial charge in [-0.15, -0.1) is 10.2 Å². The van der Waals surface area contributed by atoms with E-state index in [1.807, 2.05) is 6.07 Å². The van der Waals surface area contributed by atoms with Gasteiger partial charge in [-0.05, 0) is 31.2 Å². The van der Waals surface area contributed by atoms with Crippen LogP contribution < -0.4 is 5.32 Å². The van der Waals surface area contributed by atoms with Gasteiger partial charge in [0.15, 0.2) is 11.0 Å². The van der Waals surface area contributed by atoms with Gasteiger partial charge in [-0.2, -0.15) is 0 Å². The van der Waals surface area contributed by atoms with E-state index in [0.29, 0.717) is 11.0 Å². The van der Waals surface area contributed by atoms with Crippen LogP contribution in [-0.2, 0) is 11.8 Å². The third kappa shape index (κ3) is 3.88. The summed E-state index contributed by atoms with van der Waals surface area (Å²) in [6, 6.07) is 6.64. The molecule has 2 heterocycles. The summed E-state index contributed by atoms with van der Waals surface area (Å²) in [6.45, 7) is 1.67. The fourth-order valence-corrected chi connectivity index (χ4v) is 3.02. The van der Waals surface area contributed by atoms with Crippen LogP contribution in [0.2, 0.25) is 0 Å². The summed E-state index contributed by atoms with van der Waals surface area (Å²) >= 11 is 1.18. The van der Waals surface area contributed by atoms with E-state index in [1.54, 1.807) is 37.0 Å². The summed E-state index contributed by atoms with van der Waals surface area (Å²) in [6.07, 6.45) is 3.34.